The first kappa shape index (κ1) is 25.9. The van der Waals surface area contributed by atoms with Crippen LogP contribution >= 0.6 is 0 Å². The Labute approximate surface area is 217 Å². The maximum atomic E-state index is 13.4. The van der Waals surface area contributed by atoms with Crippen molar-refractivity contribution < 1.29 is 19.4 Å². The second kappa shape index (κ2) is 10.4. The first-order valence-electron chi connectivity index (χ1n) is 12.2. The number of ether oxygens (including phenoxy) is 1. The number of nitrogens with zero attached hydrogens (tertiary/aromatic N) is 2. The molecule has 190 valence electrons. The van der Waals surface area contributed by atoms with Crippen molar-refractivity contribution in [3.05, 3.63) is 113 Å². The van der Waals surface area contributed by atoms with Gasteiger partial charge >= 0.3 is 0 Å². The van der Waals surface area contributed by atoms with E-state index in [1.807, 2.05) is 37.3 Å². The molecule has 0 saturated carbocycles. The molecule has 6 nitrogen and oxygen atoms in total. The highest BCUT2D eigenvalue weighted by molar-refractivity contribution is 6.46. The lowest BCUT2D eigenvalue weighted by Gasteiger charge is -2.26. The molecule has 1 aliphatic heterocycles. The summed E-state index contributed by atoms with van der Waals surface area (Å²) >= 11 is 0. The highest BCUT2D eigenvalue weighted by atomic mass is 16.5. The third-order valence-corrected chi connectivity index (χ3v) is 6.53. The number of ketones is 1. The molecule has 0 spiro atoms. The van der Waals surface area contributed by atoms with Gasteiger partial charge in [-0.1, -0.05) is 63.8 Å². The lowest BCUT2D eigenvalue weighted by Crippen LogP contribution is -2.29. The molecule has 6 heteroatoms. The van der Waals surface area contributed by atoms with Gasteiger partial charge in [-0.15, -0.1) is 0 Å². The summed E-state index contributed by atoms with van der Waals surface area (Å²) < 4.78 is 5.60. The molecule has 2 aromatic carbocycles. The van der Waals surface area contributed by atoms with Crippen LogP contribution in [-0.2, 0) is 21.5 Å². The number of aliphatic hydroxyl groups is 1. The minimum Gasteiger partial charge on any atom is -0.507 e. The number of aliphatic hydroxyl groups excluding tert-OH is 1. The second-order valence-electron chi connectivity index (χ2n) is 10.2. The van der Waals surface area contributed by atoms with E-state index in [9.17, 15) is 14.7 Å². The summed E-state index contributed by atoms with van der Waals surface area (Å²) in [4.78, 5) is 32.3. The fourth-order valence-electron chi connectivity index (χ4n) is 4.54. The largest absolute Gasteiger partial charge is 0.507 e. The minimum atomic E-state index is -0.745. The molecule has 2 heterocycles. The standard InChI is InChI=1S/C31H32N2O4/c1-6-16-37-24-13-14-25(20(2)17-24)28(34)26-27(22-9-11-23(12-10-22)31(3,4)5)33(30(36)29(26)35)19-21-8-7-15-32-18-21/h6-15,17-18,27,34H,1,16,19H2,2-5H3/t27-/m1/s1. The Morgan fingerprint density at radius 3 is 2.46 bits per heavy atom. The number of Topliss-reactive ketones (excluding diaryl/α,β-unsaturated/α-hetero) is 1. The van der Waals surface area contributed by atoms with Crippen LogP contribution in [0.15, 0.2) is 85.2 Å². The summed E-state index contributed by atoms with van der Waals surface area (Å²) in [7, 11) is 0. The molecule has 0 bridgehead atoms. The number of benzene rings is 2. The summed E-state index contributed by atoms with van der Waals surface area (Å²) in [5.74, 6) is -0.943. The van der Waals surface area contributed by atoms with Gasteiger partial charge < -0.3 is 14.7 Å². The number of aromatic nitrogens is 1. The molecule has 0 aliphatic carbocycles. The Morgan fingerprint density at radius 1 is 1.14 bits per heavy atom. The topological polar surface area (TPSA) is 79.7 Å². The maximum absolute atomic E-state index is 13.4. The van der Waals surface area contributed by atoms with E-state index in [4.69, 9.17) is 4.74 Å². The van der Waals surface area contributed by atoms with Crippen molar-refractivity contribution in [1.82, 2.24) is 9.88 Å². The predicted octanol–water partition coefficient (Wildman–Crippen LogP) is 5.87. The van der Waals surface area contributed by atoms with Crippen LogP contribution in [0.5, 0.6) is 5.75 Å². The van der Waals surface area contributed by atoms with Crippen molar-refractivity contribution in [3.8, 4) is 5.75 Å². The van der Waals surface area contributed by atoms with Gasteiger partial charge in [0.05, 0.1) is 11.6 Å². The normalized spacial score (nSPS) is 17.2. The number of aryl methyl sites for hydroxylation is 1. The molecule has 1 N–H and O–H groups in total. The van der Waals surface area contributed by atoms with Crippen LogP contribution < -0.4 is 4.74 Å². The minimum absolute atomic E-state index is 0.0530. The predicted molar refractivity (Wildman–Crippen MR) is 144 cm³/mol. The van der Waals surface area contributed by atoms with Gasteiger partial charge in [-0.05, 0) is 58.9 Å². The molecular weight excluding hydrogens is 464 g/mol. The summed E-state index contributed by atoms with van der Waals surface area (Å²) in [6, 6.07) is 16.0. The molecule has 0 radical (unpaired) electrons. The van der Waals surface area contributed by atoms with Gasteiger partial charge in [0, 0.05) is 24.5 Å². The average molecular weight is 497 g/mol. The third kappa shape index (κ3) is 5.33. The van der Waals surface area contributed by atoms with E-state index in [-0.39, 0.29) is 23.3 Å². The Kier molecular flexibility index (Phi) is 7.30. The zero-order chi connectivity index (χ0) is 26.7. The van der Waals surface area contributed by atoms with Crippen molar-refractivity contribution in [2.75, 3.05) is 6.61 Å². The average Bonchev–Trinajstić information content (AvgIpc) is 3.12. The van der Waals surface area contributed by atoms with Gasteiger partial charge in [0.2, 0.25) is 0 Å². The Morgan fingerprint density at radius 2 is 1.86 bits per heavy atom. The maximum Gasteiger partial charge on any atom is 0.295 e. The van der Waals surface area contributed by atoms with Crippen LogP contribution in [0.25, 0.3) is 5.76 Å². The van der Waals surface area contributed by atoms with E-state index < -0.39 is 17.7 Å². The van der Waals surface area contributed by atoms with E-state index >= 15 is 0 Å². The van der Waals surface area contributed by atoms with Crippen LogP contribution in [0.2, 0.25) is 0 Å². The Balaban J connectivity index is 1.83. The zero-order valence-corrected chi connectivity index (χ0v) is 21.7. The summed E-state index contributed by atoms with van der Waals surface area (Å²) in [5.41, 5.74) is 3.89. The fraction of sp³-hybridized carbons (Fsp3) is 0.258. The molecule has 4 rings (SSSR count). The van der Waals surface area contributed by atoms with E-state index in [1.54, 1.807) is 42.7 Å². The fourth-order valence-corrected chi connectivity index (χ4v) is 4.54. The molecule has 3 aromatic rings. The van der Waals surface area contributed by atoms with Crippen LogP contribution in [0.1, 0.15) is 54.6 Å². The Hall–Kier alpha value is -4.19. The number of hydrogen-bond acceptors (Lipinski definition) is 5. The molecule has 1 saturated heterocycles. The number of pyridine rings is 1. The molecule has 37 heavy (non-hydrogen) atoms. The first-order chi connectivity index (χ1) is 17.6. The molecule has 1 aromatic heterocycles. The number of carbonyl (C=O) groups excluding carboxylic acids is 2. The molecule has 1 amide bonds. The van der Waals surface area contributed by atoms with Crippen molar-refractivity contribution in [1.29, 1.82) is 0 Å². The van der Waals surface area contributed by atoms with Gasteiger partial charge in [-0.2, -0.15) is 0 Å². The highest BCUT2D eigenvalue weighted by Crippen LogP contribution is 2.41. The molecule has 1 aliphatic rings. The van der Waals surface area contributed by atoms with Crippen molar-refractivity contribution in [2.24, 2.45) is 0 Å². The van der Waals surface area contributed by atoms with Crippen molar-refractivity contribution in [3.63, 3.8) is 0 Å². The van der Waals surface area contributed by atoms with Crippen molar-refractivity contribution >= 4 is 17.4 Å². The van der Waals surface area contributed by atoms with E-state index in [0.29, 0.717) is 17.9 Å². The second-order valence-corrected chi connectivity index (χ2v) is 10.2. The lowest BCUT2D eigenvalue weighted by atomic mass is 9.85. The summed E-state index contributed by atoms with van der Waals surface area (Å²) in [6.07, 6.45) is 4.98. The van der Waals surface area contributed by atoms with Crippen LogP contribution in [0.3, 0.4) is 0 Å². The molecular formula is C31H32N2O4. The number of rotatable bonds is 7. The monoisotopic (exact) mass is 496 g/mol. The van der Waals surface area contributed by atoms with E-state index in [1.165, 1.54) is 4.90 Å². The van der Waals surface area contributed by atoms with E-state index in [2.05, 4.69) is 32.3 Å². The van der Waals surface area contributed by atoms with E-state index in [0.717, 1.165) is 22.3 Å². The molecule has 1 atom stereocenters. The summed E-state index contributed by atoms with van der Waals surface area (Å²) in [6.45, 7) is 12.4. The van der Waals surface area contributed by atoms with Crippen LogP contribution in [0.4, 0.5) is 0 Å². The van der Waals surface area contributed by atoms with Gasteiger partial charge in [0.25, 0.3) is 11.7 Å². The Bertz CT molecular complexity index is 1350. The number of amides is 1. The summed E-state index contributed by atoms with van der Waals surface area (Å²) in [5, 5.41) is 11.5. The molecule has 0 unspecified atom stereocenters. The van der Waals surface area contributed by atoms with Gasteiger partial charge in [-0.25, -0.2) is 0 Å². The number of likely N-dealkylation sites (tertiary alicyclic amines) is 1. The molecule has 1 fully saturated rings. The van der Waals surface area contributed by atoms with Gasteiger partial charge in [-0.3, -0.25) is 14.6 Å². The van der Waals surface area contributed by atoms with Gasteiger partial charge in [0.1, 0.15) is 18.1 Å². The number of carbonyl (C=O) groups is 2. The highest BCUT2D eigenvalue weighted by Gasteiger charge is 2.46. The van der Waals surface area contributed by atoms with Crippen molar-refractivity contribution in [2.45, 2.75) is 45.7 Å². The SMILES string of the molecule is C=CCOc1ccc(C(O)=C2C(=O)C(=O)N(Cc3cccnc3)[C@@H]2c2ccc(C(C)(C)C)cc2)c(C)c1. The first-order valence-corrected chi connectivity index (χ1v) is 12.2. The lowest BCUT2D eigenvalue weighted by molar-refractivity contribution is -0.140. The smallest absolute Gasteiger partial charge is 0.295 e. The zero-order valence-electron chi connectivity index (χ0n) is 21.7. The van der Waals surface area contributed by atoms with Crippen LogP contribution in [-0.4, -0.2) is 33.3 Å². The van der Waals surface area contributed by atoms with Gasteiger partial charge in [0.15, 0.2) is 0 Å². The number of hydrogen-bond donors (Lipinski definition) is 1. The third-order valence-electron chi connectivity index (χ3n) is 6.53. The van der Waals surface area contributed by atoms with Crippen LogP contribution in [0, 0.1) is 6.92 Å². The quantitative estimate of drug-likeness (QED) is 0.191.